The Kier molecular flexibility index (Phi) is 4.84. The SMILES string of the molecule is FC(F)(F)c1cnc(N[C@H]2CCCNC2)nc1Nc1ccccc1. The van der Waals surface area contributed by atoms with Gasteiger partial charge in [0.15, 0.2) is 0 Å². The number of alkyl halides is 3. The van der Waals surface area contributed by atoms with Gasteiger partial charge in [0.2, 0.25) is 5.95 Å². The van der Waals surface area contributed by atoms with E-state index in [0.29, 0.717) is 5.69 Å². The van der Waals surface area contributed by atoms with Crippen LogP contribution in [0.15, 0.2) is 36.5 Å². The van der Waals surface area contributed by atoms with Crippen LogP contribution in [-0.2, 0) is 6.18 Å². The molecule has 2 aromatic rings. The molecule has 0 radical (unpaired) electrons. The average Bonchev–Trinajstić information content (AvgIpc) is 2.56. The zero-order valence-electron chi connectivity index (χ0n) is 12.9. The summed E-state index contributed by atoms with van der Waals surface area (Å²) < 4.78 is 39.6. The fraction of sp³-hybridized carbons (Fsp3) is 0.375. The number of anilines is 3. The van der Waals surface area contributed by atoms with Gasteiger partial charge in [-0.2, -0.15) is 18.2 Å². The Morgan fingerprint density at radius 2 is 1.96 bits per heavy atom. The average molecular weight is 337 g/mol. The van der Waals surface area contributed by atoms with Crippen LogP contribution in [0.4, 0.5) is 30.6 Å². The van der Waals surface area contributed by atoms with Crippen LogP contribution in [0.3, 0.4) is 0 Å². The molecule has 0 spiro atoms. The van der Waals surface area contributed by atoms with Crippen LogP contribution in [0.2, 0.25) is 0 Å². The molecule has 1 aromatic carbocycles. The normalized spacial score (nSPS) is 18.2. The third-order valence-corrected chi connectivity index (χ3v) is 3.76. The molecule has 8 heteroatoms. The standard InChI is InChI=1S/C16H18F3N5/c17-16(18,19)13-10-21-15(23-12-7-4-8-20-9-12)24-14(13)22-11-5-2-1-3-6-11/h1-3,5-6,10,12,20H,4,7-9H2,(H2,21,22,23,24)/t12-/m0/s1. The van der Waals surface area contributed by atoms with E-state index in [9.17, 15) is 13.2 Å². The second-order valence-electron chi connectivity index (χ2n) is 5.63. The first-order valence-electron chi connectivity index (χ1n) is 7.76. The molecule has 0 unspecified atom stereocenters. The third-order valence-electron chi connectivity index (χ3n) is 3.76. The van der Waals surface area contributed by atoms with E-state index in [2.05, 4.69) is 25.9 Å². The van der Waals surface area contributed by atoms with Gasteiger partial charge in [0, 0.05) is 24.5 Å². The zero-order valence-corrected chi connectivity index (χ0v) is 12.9. The molecule has 0 saturated carbocycles. The van der Waals surface area contributed by atoms with Gasteiger partial charge < -0.3 is 16.0 Å². The van der Waals surface area contributed by atoms with Gasteiger partial charge in [-0.3, -0.25) is 0 Å². The second kappa shape index (κ2) is 7.04. The molecule has 1 saturated heterocycles. The number of hydrogen-bond acceptors (Lipinski definition) is 5. The summed E-state index contributed by atoms with van der Waals surface area (Å²) in [6.07, 6.45) is -1.77. The molecule has 24 heavy (non-hydrogen) atoms. The van der Waals surface area contributed by atoms with Crippen molar-refractivity contribution in [2.75, 3.05) is 23.7 Å². The minimum Gasteiger partial charge on any atom is -0.350 e. The van der Waals surface area contributed by atoms with E-state index >= 15 is 0 Å². The van der Waals surface area contributed by atoms with E-state index in [0.717, 1.165) is 32.1 Å². The van der Waals surface area contributed by atoms with E-state index in [-0.39, 0.29) is 17.8 Å². The molecule has 3 N–H and O–H groups in total. The van der Waals surface area contributed by atoms with Crippen molar-refractivity contribution in [3.05, 3.63) is 42.1 Å². The molecule has 128 valence electrons. The summed E-state index contributed by atoms with van der Waals surface area (Å²) >= 11 is 0. The van der Waals surface area contributed by atoms with Crippen LogP contribution in [-0.4, -0.2) is 29.1 Å². The smallest absolute Gasteiger partial charge is 0.350 e. The number of nitrogens with zero attached hydrogens (tertiary/aromatic N) is 2. The maximum absolute atomic E-state index is 13.2. The van der Waals surface area contributed by atoms with Crippen molar-refractivity contribution in [2.45, 2.75) is 25.1 Å². The first-order chi connectivity index (χ1) is 11.5. The number of piperidine rings is 1. The molecular formula is C16H18F3N5. The molecule has 1 aliphatic rings. The van der Waals surface area contributed by atoms with Gasteiger partial charge in [-0.05, 0) is 31.5 Å². The summed E-state index contributed by atoms with van der Waals surface area (Å²) in [5, 5.41) is 9.06. The van der Waals surface area contributed by atoms with Gasteiger partial charge in [0.05, 0.1) is 0 Å². The van der Waals surface area contributed by atoms with Crippen molar-refractivity contribution < 1.29 is 13.2 Å². The molecule has 0 amide bonds. The molecule has 0 bridgehead atoms. The van der Waals surface area contributed by atoms with Crippen LogP contribution in [0, 0.1) is 0 Å². The lowest BCUT2D eigenvalue weighted by Crippen LogP contribution is -2.38. The highest BCUT2D eigenvalue weighted by Crippen LogP contribution is 2.35. The Labute approximate surface area is 137 Å². The van der Waals surface area contributed by atoms with Crippen LogP contribution < -0.4 is 16.0 Å². The fourth-order valence-electron chi connectivity index (χ4n) is 2.57. The summed E-state index contributed by atoms with van der Waals surface area (Å²) in [6, 6.07) is 8.74. The molecule has 1 aromatic heterocycles. The van der Waals surface area contributed by atoms with Crippen molar-refractivity contribution in [2.24, 2.45) is 0 Å². The summed E-state index contributed by atoms with van der Waals surface area (Å²) in [5.41, 5.74) is -0.356. The van der Waals surface area contributed by atoms with Crippen LogP contribution in [0.1, 0.15) is 18.4 Å². The predicted octanol–water partition coefficient (Wildman–Crippen LogP) is 3.40. The highest BCUT2D eigenvalue weighted by atomic mass is 19.4. The predicted molar refractivity (Wildman–Crippen MR) is 86.3 cm³/mol. The van der Waals surface area contributed by atoms with Crippen molar-refractivity contribution >= 4 is 17.5 Å². The number of nitrogens with one attached hydrogen (secondary N) is 3. The summed E-state index contributed by atoms with van der Waals surface area (Å²) in [4.78, 5) is 7.88. The lowest BCUT2D eigenvalue weighted by atomic mass is 10.1. The lowest BCUT2D eigenvalue weighted by Gasteiger charge is -2.24. The van der Waals surface area contributed by atoms with Crippen molar-refractivity contribution in [1.82, 2.24) is 15.3 Å². The highest BCUT2D eigenvalue weighted by molar-refractivity contribution is 5.60. The lowest BCUT2D eigenvalue weighted by molar-refractivity contribution is -0.137. The fourth-order valence-corrected chi connectivity index (χ4v) is 2.57. The minimum absolute atomic E-state index is 0.111. The number of aromatic nitrogens is 2. The number of hydrogen-bond donors (Lipinski definition) is 3. The van der Waals surface area contributed by atoms with Gasteiger partial charge in [-0.1, -0.05) is 18.2 Å². The van der Waals surface area contributed by atoms with E-state index in [4.69, 9.17) is 0 Å². The summed E-state index contributed by atoms with van der Waals surface area (Å²) in [5.74, 6) is -0.0647. The number of rotatable bonds is 4. The third kappa shape index (κ3) is 4.14. The Morgan fingerprint density at radius 3 is 2.62 bits per heavy atom. The monoisotopic (exact) mass is 337 g/mol. The molecule has 0 aliphatic carbocycles. The molecule has 3 rings (SSSR count). The Bertz CT molecular complexity index is 669. The van der Waals surface area contributed by atoms with Gasteiger partial charge >= 0.3 is 6.18 Å². The maximum Gasteiger partial charge on any atom is 0.421 e. The molecule has 5 nitrogen and oxygen atoms in total. The van der Waals surface area contributed by atoms with Crippen LogP contribution in [0.5, 0.6) is 0 Å². The van der Waals surface area contributed by atoms with E-state index in [1.165, 1.54) is 0 Å². The second-order valence-corrected chi connectivity index (χ2v) is 5.63. The van der Waals surface area contributed by atoms with Crippen molar-refractivity contribution in [1.29, 1.82) is 0 Å². The highest BCUT2D eigenvalue weighted by Gasteiger charge is 2.35. The topological polar surface area (TPSA) is 61.9 Å². The van der Waals surface area contributed by atoms with Crippen LogP contribution in [0.25, 0.3) is 0 Å². The van der Waals surface area contributed by atoms with Crippen LogP contribution >= 0.6 is 0 Å². The Balaban J connectivity index is 1.85. The number of benzene rings is 1. The molecule has 1 fully saturated rings. The van der Waals surface area contributed by atoms with Crippen molar-refractivity contribution in [3.63, 3.8) is 0 Å². The summed E-state index contributed by atoms with van der Waals surface area (Å²) in [7, 11) is 0. The van der Waals surface area contributed by atoms with Gasteiger partial charge in [0.1, 0.15) is 11.4 Å². The Hall–Kier alpha value is -2.35. The Morgan fingerprint density at radius 1 is 1.17 bits per heavy atom. The quantitative estimate of drug-likeness (QED) is 0.798. The van der Waals surface area contributed by atoms with E-state index in [1.807, 2.05) is 0 Å². The number of para-hydroxylation sites is 1. The van der Waals surface area contributed by atoms with Gasteiger partial charge in [0.25, 0.3) is 0 Å². The first kappa shape index (κ1) is 16.5. The van der Waals surface area contributed by atoms with E-state index in [1.54, 1.807) is 30.3 Å². The van der Waals surface area contributed by atoms with Gasteiger partial charge in [-0.25, -0.2) is 4.98 Å². The maximum atomic E-state index is 13.2. The minimum atomic E-state index is -4.53. The molecular weight excluding hydrogens is 319 g/mol. The van der Waals surface area contributed by atoms with Crippen molar-refractivity contribution in [3.8, 4) is 0 Å². The first-order valence-corrected chi connectivity index (χ1v) is 7.76. The molecule has 2 heterocycles. The zero-order chi connectivity index (χ0) is 17.0. The largest absolute Gasteiger partial charge is 0.421 e. The molecule has 1 atom stereocenters. The summed E-state index contributed by atoms with van der Waals surface area (Å²) in [6.45, 7) is 1.69. The van der Waals surface area contributed by atoms with Gasteiger partial charge in [-0.15, -0.1) is 0 Å². The number of halogens is 3. The van der Waals surface area contributed by atoms with E-state index < -0.39 is 11.7 Å². The molecule has 1 aliphatic heterocycles.